The molecule has 25 heavy (non-hydrogen) atoms. The monoisotopic (exact) mass is 368 g/mol. The van der Waals surface area contributed by atoms with E-state index in [9.17, 15) is 8.42 Å². The molecule has 0 saturated carbocycles. The van der Waals surface area contributed by atoms with E-state index in [0.29, 0.717) is 4.90 Å². The molecule has 0 aliphatic rings. The molecule has 1 aromatic carbocycles. The topological polar surface area (TPSA) is 43.4 Å². The summed E-state index contributed by atoms with van der Waals surface area (Å²) in [4.78, 5) is 0.341. The van der Waals surface area contributed by atoms with Gasteiger partial charge < -0.3 is 0 Å². The van der Waals surface area contributed by atoms with Gasteiger partial charge in [0.05, 0.1) is 10.5 Å². The molecule has 0 N–H and O–H groups in total. The van der Waals surface area contributed by atoms with E-state index in [1.165, 1.54) is 25.7 Å². The van der Waals surface area contributed by atoms with Crippen LogP contribution < -0.4 is 0 Å². The van der Waals surface area contributed by atoms with Crippen molar-refractivity contribution in [1.82, 2.24) is 0 Å². The van der Waals surface area contributed by atoms with Gasteiger partial charge in [-0.25, -0.2) is 0 Å². The van der Waals surface area contributed by atoms with Crippen LogP contribution in [0.4, 0.5) is 0 Å². The van der Waals surface area contributed by atoms with Crippen LogP contribution in [-0.4, -0.2) is 14.0 Å². The van der Waals surface area contributed by atoms with Crippen LogP contribution in [0.1, 0.15) is 91.0 Å². The third-order valence-corrected chi connectivity index (χ3v) is 6.12. The molecule has 1 aromatic rings. The highest BCUT2D eigenvalue weighted by molar-refractivity contribution is 7.86. The maximum Gasteiger partial charge on any atom is 0.297 e. The van der Waals surface area contributed by atoms with E-state index in [-0.39, 0.29) is 0 Å². The van der Waals surface area contributed by atoms with Crippen molar-refractivity contribution in [3.8, 4) is 0 Å². The van der Waals surface area contributed by atoms with Crippen molar-refractivity contribution >= 4 is 10.1 Å². The second-order valence-corrected chi connectivity index (χ2v) is 9.04. The van der Waals surface area contributed by atoms with Crippen molar-refractivity contribution in [2.75, 3.05) is 0 Å². The Bertz CT molecular complexity index is 591. The van der Waals surface area contributed by atoms with Crippen molar-refractivity contribution in [2.45, 2.75) is 102 Å². The first-order valence-corrected chi connectivity index (χ1v) is 11.3. The summed E-state index contributed by atoms with van der Waals surface area (Å²) < 4.78 is 31.2. The first-order valence-electron chi connectivity index (χ1n) is 9.86. The Labute approximate surface area is 155 Å². The van der Waals surface area contributed by atoms with Crippen molar-refractivity contribution in [2.24, 2.45) is 0 Å². The molecule has 0 bridgehead atoms. The van der Waals surface area contributed by atoms with Gasteiger partial charge in [-0.05, 0) is 44.7 Å². The van der Waals surface area contributed by atoms with Crippen LogP contribution in [-0.2, 0) is 20.7 Å². The summed E-state index contributed by atoms with van der Waals surface area (Å²) >= 11 is 0. The molecule has 144 valence electrons. The summed E-state index contributed by atoms with van der Waals surface area (Å²) in [6.07, 6.45) is 10.7. The molecule has 3 nitrogen and oxygen atoms in total. The summed E-state index contributed by atoms with van der Waals surface area (Å²) in [7, 11) is -3.73. The minimum absolute atomic E-state index is 0.341. The number of unbranched alkanes of at least 4 members (excludes halogenated alkanes) is 6. The normalized spacial score (nSPS) is 12.5. The van der Waals surface area contributed by atoms with Crippen molar-refractivity contribution in [3.05, 3.63) is 29.8 Å². The molecular formula is C21H36O3S. The van der Waals surface area contributed by atoms with E-state index in [1.54, 1.807) is 12.1 Å². The molecule has 4 heteroatoms. The lowest BCUT2D eigenvalue weighted by Crippen LogP contribution is -2.28. The van der Waals surface area contributed by atoms with Crippen LogP contribution in [0.15, 0.2) is 29.2 Å². The van der Waals surface area contributed by atoms with Gasteiger partial charge in [0.25, 0.3) is 10.1 Å². The number of rotatable bonds is 13. The first kappa shape index (κ1) is 22.2. The summed E-state index contributed by atoms with van der Waals surface area (Å²) in [5.41, 5.74) is 0.214. The fraction of sp³-hybridized carbons (Fsp3) is 0.714. The molecule has 0 atom stereocenters. The summed E-state index contributed by atoms with van der Waals surface area (Å²) in [6.45, 7) is 8.02. The molecule has 0 spiro atoms. The highest BCUT2D eigenvalue weighted by Crippen LogP contribution is 2.27. The van der Waals surface area contributed by atoms with Crippen LogP contribution in [0.25, 0.3) is 0 Å². The van der Waals surface area contributed by atoms with E-state index in [1.807, 2.05) is 26.0 Å². The van der Waals surface area contributed by atoms with E-state index < -0.39 is 15.7 Å². The van der Waals surface area contributed by atoms with Gasteiger partial charge in [0.2, 0.25) is 0 Å². The molecule has 0 fully saturated rings. The van der Waals surface area contributed by atoms with Gasteiger partial charge in [-0.1, -0.05) is 77.0 Å². The average Bonchev–Trinajstić information content (AvgIpc) is 2.55. The second kappa shape index (κ2) is 11.0. The van der Waals surface area contributed by atoms with Crippen LogP contribution >= 0.6 is 0 Å². The Morgan fingerprint density at radius 2 is 1.48 bits per heavy atom. The van der Waals surface area contributed by atoms with E-state index in [4.69, 9.17) is 4.18 Å². The molecule has 0 aliphatic carbocycles. The highest BCUT2D eigenvalue weighted by Gasteiger charge is 2.29. The molecule has 0 saturated heterocycles. The van der Waals surface area contributed by atoms with Crippen LogP contribution in [0.3, 0.4) is 0 Å². The van der Waals surface area contributed by atoms with Gasteiger partial charge in [0.1, 0.15) is 0 Å². The Balaban J connectivity index is 2.73. The van der Waals surface area contributed by atoms with Gasteiger partial charge in [0, 0.05) is 0 Å². The first-order chi connectivity index (χ1) is 11.8. The fourth-order valence-corrected chi connectivity index (χ4v) is 4.54. The fourth-order valence-electron chi connectivity index (χ4n) is 3.04. The van der Waals surface area contributed by atoms with E-state index in [0.717, 1.165) is 44.1 Å². The Morgan fingerprint density at radius 1 is 0.880 bits per heavy atom. The van der Waals surface area contributed by atoms with E-state index >= 15 is 0 Å². The minimum Gasteiger partial charge on any atom is -0.260 e. The molecule has 0 amide bonds. The van der Waals surface area contributed by atoms with Crippen LogP contribution in [0, 0.1) is 0 Å². The standard InChI is InChI=1S/C21H36O3S/c1-5-7-9-10-11-12-15-19-16-13-14-17-20(19)25(22,23)24-21(3,4)18-8-6-2/h13-14,16-17H,5-12,15,18H2,1-4H3. The Hall–Kier alpha value is -0.870. The lowest BCUT2D eigenvalue weighted by molar-refractivity contribution is 0.105. The number of aryl methyl sites for hydroxylation is 1. The zero-order valence-corrected chi connectivity index (χ0v) is 17.3. The predicted octanol–water partition coefficient (Wildman–Crippen LogP) is 6.26. The third-order valence-electron chi connectivity index (χ3n) is 4.51. The lowest BCUT2D eigenvalue weighted by atomic mass is 10.0. The zero-order chi connectivity index (χ0) is 18.8. The minimum atomic E-state index is -3.73. The van der Waals surface area contributed by atoms with Gasteiger partial charge in [-0.15, -0.1) is 0 Å². The number of benzene rings is 1. The molecular weight excluding hydrogens is 332 g/mol. The second-order valence-electron chi connectivity index (χ2n) is 7.53. The van der Waals surface area contributed by atoms with Crippen molar-refractivity contribution < 1.29 is 12.6 Å². The Morgan fingerprint density at radius 3 is 2.16 bits per heavy atom. The lowest BCUT2D eigenvalue weighted by Gasteiger charge is -2.25. The molecule has 1 rings (SSSR count). The van der Waals surface area contributed by atoms with Gasteiger partial charge in [-0.2, -0.15) is 8.42 Å². The SMILES string of the molecule is CCCCCCCCc1ccccc1S(=O)(=O)OC(C)(C)CCCC. The average molecular weight is 369 g/mol. The summed E-state index contributed by atoms with van der Waals surface area (Å²) in [5, 5.41) is 0. The maximum atomic E-state index is 12.8. The van der Waals surface area contributed by atoms with E-state index in [2.05, 4.69) is 13.8 Å². The molecule has 0 aromatic heterocycles. The number of hydrogen-bond acceptors (Lipinski definition) is 3. The summed E-state index contributed by atoms with van der Waals surface area (Å²) in [6, 6.07) is 7.28. The van der Waals surface area contributed by atoms with Gasteiger partial charge >= 0.3 is 0 Å². The zero-order valence-electron chi connectivity index (χ0n) is 16.5. The number of hydrogen-bond donors (Lipinski definition) is 0. The van der Waals surface area contributed by atoms with Crippen LogP contribution in [0.2, 0.25) is 0 Å². The van der Waals surface area contributed by atoms with Gasteiger partial charge in [-0.3, -0.25) is 4.18 Å². The third kappa shape index (κ3) is 8.37. The molecule has 0 aliphatic heterocycles. The highest BCUT2D eigenvalue weighted by atomic mass is 32.2. The smallest absolute Gasteiger partial charge is 0.260 e. The predicted molar refractivity (Wildman–Crippen MR) is 105 cm³/mol. The van der Waals surface area contributed by atoms with Crippen molar-refractivity contribution in [3.63, 3.8) is 0 Å². The van der Waals surface area contributed by atoms with Crippen LogP contribution in [0.5, 0.6) is 0 Å². The van der Waals surface area contributed by atoms with Crippen molar-refractivity contribution in [1.29, 1.82) is 0 Å². The largest absolute Gasteiger partial charge is 0.297 e. The molecule has 0 heterocycles. The summed E-state index contributed by atoms with van der Waals surface area (Å²) in [5.74, 6) is 0. The molecule has 0 unspecified atom stereocenters. The Kier molecular flexibility index (Phi) is 9.73. The van der Waals surface area contributed by atoms with Gasteiger partial charge in [0.15, 0.2) is 0 Å². The maximum absolute atomic E-state index is 12.8. The molecule has 0 radical (unpaired) electrons. The quantitative estimate of drug-likeness (QED) is 0.305.